The second kappa shape index (κ2) is 6.70. The third-order valence-corrected chi connectivity index (χ3v) is 3.23. The molecule has 0 amide bonds. The number of rotatable bonds is 1. The number of ether oxygens (including phenoxy) is 1. The van der Waals surface area contributed by atoms with Crippen molar-refractivity contribution in [3.8, 4) is 0 Å². The normalized spacial score (nSPS) is 15.9. The van der Waals surface area contributed by atoms with Crippen LogP contribution in [0, 0.1) is 6.92 Å². The van der Waals surface area contributed by atoms with Gasteiger partial charge < -0.3 is 10.1 Å². The molecular formula is C11H17NO4S. The molecule has 5 nitrogen and oxygen atoms in total. The fraction of sp³-hybridized carbons (Fsp3) is 0.455. The summed E-state index contributed by atoms with van der Waals surface area (Å²) in [7, 11) is -4.03. The van der Waals surface area contributed by atoms with Crippen molar-refractivity contribution < 1.29 is 17.7 Å². The van der Waals surface area contributed by atoms with Crippen molar-refractivity contribution in [2.24, 2.45) is 0 Å². The van der Waals surface area contributed by atoms with Gasteiger partial charge in [-0.15, -0.1) is 0 Å². The molecule has 1 heterocycles. The molecule has 1 aromatic rings. The van der Waals surface area contributed by atoms with Crippen LogP contribution < -0.4 is 5.32 Å². The van der Waals surface area contributed by atoms with Gasteiger partial charge in [-0.25, -0.2) is 0 Å². The molecule has 2 N–H and O–H groups in total. The lowest BCUT2D eigenvalue weighted by molar-refractivity contribution is 0.109. The quantitative estimate of drug-likeness (QED) is 0.731. The molecule has 0 radical (unpaired) electrons. The summed E-state index contributed by atoms with van der Waals surface area (Å²) >= 11 is 0. The van der Waals surface area contributed by atoms with Crippen LogP contribution in [0.1, 0.15) is 5.56 Å². The molecule has 1 aliphatic rings. The smallest absolute Gasteiger partial charge is 0.294 e. The predicted molar refractivity (Wildman–Crippen MR) is 64.7 cm³/mol. The Kier molecular flexibility index (Phi) is 5.57. The Labute approximate surface area is 102 Å². The van der Waals surface area contributed by atoms with E-state index in [0.717, 1.165) is 26.3 Å². The number of morpholine rings is 1. The van der Waals surface area contributed by atoms with Crippen LogP contribution in [0.15, 0.2) is 29.2 Å². The highest BCUT2D eigenvalue weighted by Crippen LogP contribution is 2.12. The maximum absolute atomic E-state index is 10.6. The molecule has 0 spiro atoms. The van der Waals surface area contributed by atoms with Crippen LogP contribution in [-0.4, -0.2) is 39.3 Å². The Morgan fingerprint density at radius 1 is 1.24 bits per heavy atom. The van der Waals surface area contributed by atoms with Gasteiger partial charge in [0.2, 0.25) is 0 Å². The average molecular weight is 259 g/mol. The zero-order valence-corrected chi connectivity index (χ0v) is 10.5. The largest absolute Gasteiger partial charge is 0.379 e. The van der Waals surface area contributed by atoms with Crippen molar-refractivity contribution in [3.05, 3.63) is 29.8 Å². The molecule has 0 unspecified atom stereocenters. The third-order valence-electron chi connectivity index (χ3n) is 2.22. The molecule has 1 saturated heterocycles. The predicted octanol–water partition coefficient (Wildman–Crippen LogP) is 0.848. The SMILES string of the molecule is C1COCCN1.Cc1ccccc1S(=O)(=O)O. The Morgan fingerprint density at radius 2 is 1.82 bits per heavy atom. The van der Waals surface area contributed by atoms with Gasteiger partial charge in [0.15, 0.2) is 0 Å². The second-order valence-corrected chi connectivity index (χ2v) is 4.99. The summed E-state index contributed by atoms with van der Waals surface area (Å²) in [6, 6.07) is 6.27. The minimum absolute atomic E-state index is 0.0278. The van der Waals surface area contributed by atoms with Crippen molar-refractivity contribution in [3.63, 3.8) is 0 Å². The molecule has 17 heavy (non-hydrogen) atoms. The number of nitrogens with one attached hydrogen (secondary N) is 1. The van der Waals surface area contributed by atoms with Crippen LogP contribution in [0.3, 0.4) is 0 Å². The van der Waals surface area contributed by atoms with E-state index in [1.54, 1.807) is 25.1 Å². The minimum Gasteiger partial charge on any atom is -0.379 e. The zero-order chi connectivity index (χ0) is 12.7. The summed E-state index contributed by atoms with van der Waals surface area (Å²) in [4.78, 5) is -0.0278. The first-order valence-corrected chi connectivity index (χ1v) is 6.77. The minimum atomic E-state index is -4.03. The van der Waals surface area contributed by atoms with E-state index in [-0.39, 0.29) is 4.90 Å². The maximum Gasteiger partial charge on any atom is 0.294 e. The van der Waals surface area contributed by atoms with E-state index < -0.39 is 10.1 Å². The first-order chi connectivity index (χ1) is 8.02. The maximum atomic E-state index is 10.6. The summed E-state index contributed by atoms with van der Waals surface area (Å²) in [6.07, 6.45) is 0. The van der Waals surface area contributed by atoms with Crippen LogP contribution in [-0.2, 0) is 14.9 Å². The molecule has 1 aliphatic heterocycles. The number of hydrogen-bond acceptors (Lipinski definition) is 4. The van der Waals surface area contributed by atoms with Gasteiger partial charge in [0, 0.05) is 13.1 Å². The molecule has 2 rings (SSSR count). The van der Waals surface area contributed by atoms with E-state index >= 15 is 0 Å². The molecule has 96 valence electrons. The molecule has 1 aromatic carbocycles. The Morgan fingerprint density at radius 3 is 2.12 bits per heavy atom. The standard InChI is InChI=1S/C7H8O3S.C4H9NO/c1-6-4-2-3-5-7(6)11(8,9)10;1-3-6-4-2-5-1/h2-5H,1H3,(H,8,9,10);5H,1-4H2. The second-order valence-electron chi connectivity index (χ2n) is 3.60. The molecule has 0 aromatic heterocycles. The summed E-state index contributed by atoms with van der Waals surface area (Å²) in [5, 5.41) is 3.16. The van der Waals surface area contributed by atoms with E-state index in [9.17, 15) is 8.42 Å². The van der Waals surface area contributed by atoms with E-state index in [1.807, 2.05) is 0 Å². The van der Waals surface area contributed by atoms with Gasteiger partial charge in [0.05, 0.1) is 18.1 Å². The monoisotopic (exact) mass is 259 g/mol. The molecule has 0 saturated carbocycles. The van der Waals surface area contributed by atoms with Crippen LogP contribution in [0.4, 0.5) is 0 Å². The number of benzene rings is 1. The van der Waals surface area contributed by atoms with Gasteiger partial charge in [0.25, 0.3) is 10.1 Å². The Bertz CT molecular complexity index is 429. The van der Waals surface area contributed by atoms with Gasteiger partial charge in [-0.3, -0.25) is 4.55 Å². The van der Waals surface area contributed by atoms with Crippen molar-refractivity contribution in [1.82, 2.24) is 5.32 Å². The lowest BCUT2D eigenvalue weighted by atomic mass is 10.2. The average Bonchev–Trinajstić information content (AvgIpc) is 2.31. The number of aryl methyl sites for hydroxylation is 1. The molecular weight excluding hydrogens is 242 g/mol. The lowest BCUT2D eigenvalue weighted by Gasteiger charge is -2.10. The molecule has 0 atom stereocenters. The highest BCUT2D eigenvalue weighted by Gasteiger charge is 2.10. The van der Waals surface area contributed by atoms with Crippen LogP contribution in [0.2, 0.25) is 0 Å². The summed E-state index contributed by atoms with van der Waals surface area (Å²) < 4.78 is 34.9. The van der Waals surface area contributed by atoms with E-state index in [4.69, 9.17) is 9.29 Å². The van der Waals surface area contributed by atoms with Gasteiger partial charge in [0.1, 0.15) is 0 Å². The van der Waals surface area contributed by atoms with E-state index in [1.165, 1.54) is 6.07 Å². The van der Waals surface area contributed by atoms with E-state index in [2.05, 4.69) is 5.32 Å². The van der Waals surface area contributed by atoms with Gasteiger partial charge in [-0.1, -0.05) is 18.2 Å². The molecule has 1 fully saturated rings. The lowest BCUT2D eigenvalue weighted by Crippen LogP contribution is -2.30. The van der Waals surface area contributed by atoms with Gasteiger partial charge in [-0.2, -0.15) is 8.42 Å². The topological polar surface area (TPSA) is 75.6 Å². The highest BCUT2D eigenvalue weighted by atomic mass is 32.2. The van der Waals surface area contributed by atoms with Crippen LogP contribution >= 0.6 is 0 Å². The van der Waals surface area contributed by atoms with Crippen LogP contribution in [0.25, 0.3) is 0 Å². The summed E-state index contributed by atoms with van der Waals surface area (Å²) in [6.45, 7) is 5.46. The van der Waals surface area contributed by atoms with Crippen molar-refractivity contribution >= 4 is 10.1 Å². The van der Waals surface area contributed by atoms with Gasteiger partial charge in [-0.05, 0) is 18.6 Å². The van der Waals surface area contributed by atoms with E-state index in [0.29, 0.717) is 5.56 Å². The highest BCUT2D eigenvalue weighted by molar-refractivity contribution is 7.85. The van der Waals surface area contributed by atoms with Gasteiger partial charge >= 0.3 is 0 Å². The first-order valence-electron chi connectivity index (χ1n) is 5.33. The van der Waals surface area contributed by atoms with Crippen molar-refractivity contribution in [2.45, 2.75) is 11.8 Å². The molecule has 0 aliphatic carbocycles. The number of hydrogen-bond donors (Lipinski definition) is 2. The van der Waals surface area contributed by atoms with Crippen molar-refractivity contribution in [1.29, 1.82) is 0 Å². The van der Waals surface area contributed by atoms with Crippen molar-refractivity contribution in [2.75, 3.05) is 26.3 Å². The molecule has 6 heteroatoms. The summed E-state index contributed by atoms with van der Waals surface area (Å²) in [5.41, 5.74) is 0.551. The summed E-state index contributed by atoms with van der Waals surface area (Å²) in [5.74, 6) is 0. The fourth-order valence-corrected chi connectivity index (χ4v) is 2.09. The van der Waals surface area contributed by atoms with Crippen LogP contribution in [0.5, 0.6) is 0 Å². The molecule has 0 bridgehead atoms. The third kappa shape index (κ3) is 5.27. The Balaban J connectivity index is 0.000000202. The zero-order valence-electron chi connectivity index (χ0n) is 9.72. The fourth-order valence-electron chi connectivity index (χ4n) is 1.36. The first kappa shape index (κ1) is 14.1. The Hall–Kier alpha value is -0.950.